The first-order valence-corrected chi connectivity index (χ1v) is 10.9. The van der Waals surface area contributed by atoms with Crippen molar-refractivity contribution in [3.63, 3.8) is 0 Å². The molecule has 0 aliphatic carbocycles. The quantitative estimate of drug-likeness (QED) is 0.423. The van der Waals surface area contributed by atoms with Gasteiger partial charge in [0.2, 0.25) is 11.7 Å². The fourth-order valence-electron chi connectivity index (χ4n) is 4.51. The number of hydrogen-bond donors (Lipinski definition) is 0. The zero-order valence-corrected chi connectivity index (χ0v) is 18.6. The zero-order valence-electron chi connectivity index (χ0n) is 18.6. The van der Waals surface area contributed by atoms with Gasteiger partial charge in [-0.1, -0.05) is 29.4 Å². The number of piperidine rings is 1. The van der Waals surface area contributed by atoms with Gasteiger partial charge < -0.3 is 9.42 Å². The lowest BCUT2D eigenvalue weighted by Crippen LogP contribution is -2.38. The van der Waals surface area contributed by atoms with Gasteiger partial charge in [0.1, 0.15) is 0 Å². The highest BCUT2D eigenvalue weighted by molar-refractivity contribution is 5.96. The normalized spacial score (nSPS) is 15.3. The third-order valence-corrected chi connectivity index (χ3v) is 6.33. The van der Waals surface area contributed by atoms with Crippen LogP contribution in [0.3, 0.4) is 0 Å². The van der Waals surface area contributed by atoms with Crippen molar-refractivity contribution in [1.82, 2.24) is 24.8 Å². The first kappa shape index (κ1) is 22.1. The van der Waals surface area contributed by atoms with Crippen molar-refractivity contribution in [3.05, 3.63) is 65.2 Å². The van der Waals surface area contributed by atoms with Gasteiger partial charge >= 0.3 is 6.18 Å². The van der Waals surface area contributed by atoms with E-state index in [-0.39, 0.29) is 11.5 Å². The van der Waals surface area contributed by atoms with Crippen LogP contribution in [0.4, 0.5) is 13.2 Å². The predicted molar refractivity (Wildman–Crippen MR) is 118 cm³/mol. The van der Waals surface area contributed by atoms with E-state index in [1.54, 1.807) is 4.68 Å². The number of likely N-dealkylation sites (tertiary alicyclic amines) is 1. The molecule has 0 radical (unpaired) electrons. The van der Waals surface area contributed by atoms with E-state index in [0.717, 1.165) is 28.2 Å². The molecule has 4 aromatic rings. The van der Waals surface area contributed by atoms with Gasteiger partial charge in [0.05, 0.1) is 22.3 Å². The van der Waals surface area contributed by atoms with Gasteiger partial charge in [0, 0.05) is 37.0 Å². The monoisotopic (exact) mass is 469 g/mol. The maximum absolute atomic E-state index is 13.3. The topological polar surface area (TPSA) is 77.0 Å². The molecule has 0 spiro atoms. The van der Waals surface area contributed by atoms with Gasteiger partial charge in [-0.25, -0.2) is 0 Å². The maximum atomic E-state index is 13.3. The van der Waals surface area contributed by atoms with Gasteiger partial charge in [-0.2, -0.15) is 23.3 Å². The molecule has 176 valence electrons. The van der Waals surface area contributed by atoms with E-state index in [1.165, 1.54) is 23.1 Å². The number of aromatic nitrogens is 4. The molecule has 1 fully saturated rings. The smallest absolute Gasteiger partial charge is 0.339 e. The molecule has 34 heavy (non-hydrogen) atoms. The molecule has 0 unspecified atom stereocenters. The average molecular weight is 469 g/mol. The molecule has 5 rings (SSSR count). The summed E-state index contributed by atoms with van der Waals surface area (Å²) in [5.41, 5.74) is 1.48. The summed E-state index contributed by atoms with van der Waals surface area (Å²) in [6.07, 6.45) is -3.52. The highest BCUT2D eigenvalue weighted by Crippen LogP contribution is 2.34. The Morgan fingerprint density at radius 2 is 1.85 bits per heavy atom. The summed E-state index contributed by atoms with van der Waals surface area (Å²) >= 11 is 0. The van der Waals surface area contributed by atoms with Crippen LogP contribution in [0.2, 0.25) is 0 Å². The molecule has 0 bridgehead atoms. The van der Waals surface area contributed by atoms with E-state index < -0.39 is 17.6 Å². The number of halogens is 3. The predicted octanol–water partition coefficient (Wildman–Crippen LogP) is 4.97. The third kappa shape index (κ3) is 3.93. The number of alkyl halides is 3. The molecular formula is C24H22F3N5O2. The van der Waals surface area contributed by atoms with Crippen molar-refractivity contribution in [3.8, 4) is 11.4 Å². The molecule has 0 atom stereocenters. The van der Waals surface area contributed by atoms with Crippen molar-refractivity contribution >= 4 is 16.8 Å². The van der Waals surface area contributed by atoms with Crippen LogP contribution in [0.1, 0.15) is 46.3 Å². The lowest BCUT2D eigenvalue weighted by atomic mass is 9.95. The number of carbonyl (C=O) groups is 1. The molecule has 7 nitrogen and oxygen atoms in total. The Balaban J connectivity index is 1.29. The Morgan fingerprint density at radius 1 is 1.12 bits per heavy atom. The first-order valence-electron chi connectivity index (χ1n) is 10.9. The van der Waals surface area contributed by atoms with E-state index in [0.29, 0.717) is 37.6 Å². The van der Waals surface area contributed by atoms with E-state index in [9.17, 15) is 18.0 Å². The van der Waals surface area contributed by atoms with Crippen molar-refractivity contribution < 1.29 is 22.5 Å². The largest absolute Gasteiger partial charge is 0.417 e. The molecule has 3 heterocycles. The van der Waals surface area contributed by atoms with Crippen molar-refractivity contribution in [1.29, 1.82) is 0 Å². The number of benzene rings is 2. The number of carbonyl (C=O) groups excluding carboxylic acids is 1. The number of amides is 1. The minimum absolute atomic E-state index is 0.0640. The summed E-state index contributed by atoms with van der Waals surface area (Å²) in [7, 11) is 1.88. The molecule has 1 aliphatic heterocycles. The van der Waals surface area contributed by atoms with E-state index in [2.05, 4.69) is 15.2 Å². The third-order valence-electron chi connectivity index (χ3n) is 6.33. The van der Waals surface area contributed by atoms with Crippen molar-refractivity contribution in [2.75, 3.05) is 13.1 Å². The summed E-state index contributed by atoms with van der Waals surface area (Å²) in [4.78, 5) is 18.8. The van der Waals surface area contributed by atoms with Crippen LogP contribution >= 0.6 is 0 Å². The number of nitrogens with zero attached hydrogens (tertiary/aromatic N) is 5. The Hall–Kier alpha value is -3.69. The van der Waals surface area contributed by atoms with Gasteiger partial charge in [0.25, 0.3) is 5.91 Å². The molecule has 2 aromatic carbocycles. The highest BCUT2D eigenvalue weighted by atomic mass is 19.4. The SMILES string of the molecule is Cc1nn(C)c2cc(-c3noc(C4CCN(C(=O)c5ccccc5C(F)(F)F)CC4)n3)ccc12. The molecule has 10 heteroatoms. The van der Waals surface area contributed by atoms with Gasteiger partial charge in [-0.15, -0.1) is 0 Å². The molecule has 2 aromatic heterocycles. The number of aryl methyl sites for hydroxylation is 2. The second-order valence-corrected chi connectivity index (χ2v) is 8.51. The zero-order chi connectivity index (χ0) is 24.0. The highest BCUT2D eigenvalue weighted by Gasteiger charge is 2.37. The minimum atomic E-state index is -4.58. The summed E-state index contributed by atoms with van der Waals surface area (Å²) < 4.78 is 47.2. The summed E-state index contributed by atoms with van der Waals surface area (Å²) in [6, 6.07) is 10.7. The lowest BCUT2D eigenvalue weighted by molar-refractivity contribution is -0.138. The van der Waals surface area contributed by atoms with Gasteiger partial charge in [0.15, 0.2) is 0 Å². The van der Waals surface area contributed by atoms with Crippen LogP contribution in [0.25, 0.3) is 22.3 Å². The Bertz CT molecular complexity index is 1370. The lowest BCUT2D eigenvalue weighted by Gasteiger charge is -2.31. The maximum Gasteiger partial charge on any atom is 0.417 e. The van der Waals surface area contributed by atoms with E-state index >= 15 is 0 Å². The standard InChI is InChI=1S/C24H22F3N5O2/c1-14-17-8-7-16(13-20(17)31(2)29-14)21-28-22(34-30-21)15-9-11-32(12-10-15)23(33)18-5-3-4-6-19(18)24(25,26)27/h3-8,13,15H,9-12H2,1-2H3. The molecule has 1 amide bonds. The number of fused-ring (bicyclic) bond motifs is 1. The Morgan fingerprint density at radius 3 is 2.59 bits per heavy atom. The van der Waals surface area contributed by atoms with Crippen molar-refractivity contribution in [2.24, 2.45) is 7.05 Å². The fourth-order valence-corrected chi connectivity index (χ4v) is 4.51. The second-order valence-electron chi connectivity index (χ2n) is 8.51. The Labute approximate surface area is 193 Å². The van der Waals surface area contributed by atoms with Crippen LogP contribution in [-0.2, 0) is 13.2 Å². The van der Waals surface area contributed by atoms with Crippen LogP contribution in [0.5, 0.6) is 0 Å². The molecule has 0 saturated carbocycles. The van der Waals surface area contributed by atoms with E-state index in [4.69, 9.17) is 4.52 Å². The van der Waals surface area contributed by atoms with Crippen molar-refractivity contribution in [2.45, 2.75) is 31.9 Å². The number of rotatable bonds is 3. The minimum Gasteiger partial charge on any atom is -0.339 e. The summed E-state index contributed by atoms with van der Waals surface area (Å²) in [5.74, 6) is 0.260. The molecule has 0 N–H and O–H groups in total. The van der Waals surface area contributed by atoms with Crippen LogP contribution in [0, 0.1) is 6.92 Å². The number of hydrogen-bond acceptors (Lipinski definition) is 5. The van der Waals surface area contributed by atoms with Crippen LogP contribution in [-0.4, -0.2) is 43.8 Å². The first-order chi connectivity index (χ1) is 16.2. The molecular weight excluding hydrogens is 447 g/mol. The average Bonchev–Trinajstić information content (AvgIpc) is 3.43. The fraction of sp³-hybridized carbons (Fsp3) is 0.333. The van der Waals surface area contributed by atoms with Gasteiger partial charge in [-0.3, -0.25) is 9.48 Å². The summed E-state index contributed by atoms with van der Waals surface area (Å²) in [5, 5.41) is 9.60. The van der Waals surface area contributed by atoms with Crippen LogP contribution in [0.15, 0.2) is 47.0 Å². The van der Waals surface area contributed by atoms with Gasteiger partial charge in [-0.05, 0) is 38.0 Å². The van der Waals surface area contributed by atoms with E-state index in [1.807, 2.05) is 32.2 Å². The summed E-state index contributed by atoms with van der Waals surface area (Å²) in [6.45, 7) is 2.58. The molecule has 1 saturated heterocycles. The Kier molecular flexibility index (Phi) is 5.38. The van der Waals surface area contributed by atoms with Crippen LogP contribution < -0.4 is 0 Å². The molecule has 1 aliphatic rings. The second kappa shape index (κ2) is 8.27.